The summed E-state index contributed by atoms with van der Waals surface area (Å²) in [7, 11) is 3.37. The number of nitrogens with zero attached hydrogens (tertiary/aromatic N) is 3. The summed E-state index contributed by atoms with van der Waals surface area (Å²) < 4.78 is 5.29. The van der Waals surface area contributed by atoms with E-state index in [1.165, 1.54) is 6.33 Å². The molecular weight excluding hydrogens is 204 g/mol. The first kappa shape index (κ1) is 10.4. The predicted octanol–water partition coefficient (Wildman–Crippen LogP) is 1.59. The van der Waals surface area contributed by atoms with Crippen molar-refractivity contribution in [2.24, 2.45) is 0 Å². The molecule has 0 unspecified atom stereocenters. The average Bonchev–Trinajstić information content (AvgIpc) is 2.38. The maximum atomic E-state index is 5.29. The van der Waals surface area contributed by atoms with Crippen LogP contribution in [0.5, 0.6) is 5.75 Å². The van der Waals surface area contributed by atoms with Crippen LogP contribution in [0.3, 0.4) is 0 Å². The minimum absolute atomic E-state index is 0.601. The molecule has 2 heterocycles. The molecule has 2 aromatic rings. The number of methoxy groups -OCH3 is 1. The molecule has 16 heavy (non-hydrogen) atoms. The Morgan fingerprint density at radius 3 is 2.69 bits per heavy atom. The summed E-state index contributed by atoms with van der Waals surface area (Å²) >= 11 is 0. The lowest BCUT2D eigenvalue weighted by Crippen LogP contribution is -2.01. The van der Waals surface area contributed by atoms with E-state index < -0.39 is 0 Å². The standard InChI is InChI=1S/C11H12N4O/c1-12-11-10(16-2)9(14-7-15-11)8-5-3-4-6-13-8/h3-7H,1-2H3,(H,12,14,15). The second-order valence-corrected chi connectivity index (χ2v) is 3.07. The van der Waals surface area contributed by atoms with E-state index in [1.807, 2.05) is 18.2 Å². The molecule has 0 bridgehead atoms. The van der Waals surface area contributed by atoms with Crippen LogP contribution in [0.2, 0.25) is 0 Å². The number of nitrogens with one attached hydrogen (secondary N) is 1. The van der Waals surface area contributed by atoms with E-state index in [2.05, 4.69) is 20.3 Å². The molecule has 0 aliphatic carbocycles. The molecule has 0 aliphatic rings. The third kappa shape index (κ3) is 1.79. The first-order chi connectivity index (χ1) is 7.86. The first-order valence-corrected chi connectivity index (χ1v) is 4.85. The Labute approximate surface area is 93.5 Å². The zero-order valence-corrected chi connectivity index (χ0v) is 9.14. The van der Waals surface area contributed by atoms with Crippen LogP contribution < -0.4 is 10.1 Å². The molecular formula is C11H12N4O. The number of ether oxygens (including phenoxy) is 1. The van der Waals surface area contributed by atoms with Crippen molar-refractivity contribution < 1.29 is 4.74 Å². The number of hydrogen-bond acceptors (Lipinski definition) is 5. The summed E-state index contributed by atoms with van der Waals surface area (Å²) in [4.78, 5) is 12.5. The Kier molecular flexibility index (Phi) is 2.95. The Bertz CT molecular complexity index is 473. The Balaban J connectivity index is 2.57. The zero-order chi connectivity index (χ0) is 11.4. The van der Waals surface area contributed by atoms with Gasteiger partial charge >= 0.3 is 0 Å². The van der Waals surface area contributed by atoms with Crippen LogP contribution in [0.15, 0.2) is 30.7 Å². The molecule has 2 aromatic heterocycles. The van der Waals surface area contributed by atoms with E-state index in [4.69, 9.17) is 4.74 Å². The van der Waals surface area contributed by atoms with E-state index in [-0.39, 0.29) is 0 Å². The smallest absolute Gasteiger partial charge is 0.189 e. The normalized spacial score (nSPS) is 9.88. The molecule has 0 aliphatic heterocycles. The van der Waals surface area contributed by atoms with Gasteiger partial charge in [-0.2, -0.15) is 0 Å². The van der Waals surface area contributed by atoms with E-state index >= 15 is 0 Å². The van der Waals surface area contributed by atoms with Gasteiger partial charge in [-0.3, -0.25) is 4.98 Å². The monoisotopic (exact) mass is 216 g/mol. The van der Waals surface area contributed by atoms with Crippen molar-refractivity contribution in [3.05, 3.63) is 30.7 Å². The van der Waals surface area contributed by atoms with Crippen LogP contribution in [-0.2, 0) is 0 Å². The zero-order valence-electron chi connectivity index (χ0n) is 9.14. The van der Waals surface area contributed by atoms with Crippen molar-refractivity contribution in [2.45, 2.75) is 0 Å². The molecule has 1 N–H and O–H groups in total. The van der Waals surface area contributed by atoms with Crippen molar-refractivity contribution in [2.75, 3.05) is 19.5 Å². The summed E-state index contributed by atoms with van der Waals surface area (Å²) in [5.41, 5.74) is 1.45. The molecule has 0 saturated carbocycles. The van der Waals surface area contributed by atoms with Crippen molar-refractivity contribution in [1.29, 1.82) is 0 Å². The molecule has 82 valence electrons. The fourth-order valence-corrected chi connectivity index (χ4v) is 1.43. The Morgan fingerprint density at radius 1 is 1.19 bits per heavy atom. The van der Waals surface area contributed by atoms with Gasteiger partial charge in [0, 0.05) is 13.2 Å². The minimum Gasteiger partial charge on any atom is -0.491 e. The third-order valence-corrected chi connectivity index (χ3v) is 2.15. The summed E-state index contributed by atoms with van der Waals surface area (Å²) in [6.45, 7) is 0. The van der Waals surface area contributed by atoms with Gasteiger partial charge in [0.2, 0.25) is 0 Å². The summed E-state index contributed by atoms with van der Waals surface area (Å²) in [6.07, 6.45) is 3.20. The second-order valence-electron chi connectivity index (χ2n) is 3.07. The summed E-state index contributed by atoms with van der Waals surface area (Å²) in [6, 6.07) is 5.64. The van der Waals surface area contributed by atoms with Gasteiger partial charge in [0.15, 0.2) is 11.6 Å². The minimum atomic E-state index is 0.601. The number of hydrogen-bond donors (Lipinski definition) is 1. The highest BCUT2D eigenvalue weighted by Crippen LogP contribution is 2.30. The van der Waals surface area contributed by atoms with Gasteiger partial charge in [0.1, 0.15) is 12.0 Å². The van der Waals surface area contributed by atoms with Crippen molar-refractivity contribution >= 4 is 5.82 Å². The van der Waals surface area contributed by atoms with Crippen LogP contribution in [0, 0.1) is 0 Å². The highest BCUT2D eigenvalue weighted by atomic mass is 16.5. The fraction of sp³-hybridized carbons (Fsp3) is 0.182. The summed E-state index contributed by atoms with van der Waals surface area (Å²) in [5, 5.41) is 2.95. The Hall–Kier alpha value is -2.17. The van der Waals surface area contributed by atoms with Crippen LogP contribution in [-0.4, -0.2) is 29.1 Å². The van der Waals surface area contributed by atoms with E-state index in [0.717, 1.165) is 5.69 Å². The second kappa shape index (κ2) is 4.57. The lowest BCUT2D eigenvalue weighted by molar-refractivity contribution is 0.414. The highest BCUT2D eigenvalue weighted by molar-refractivity contribution is 5.69. The topological polar surface area (TPSA) is 59.9 Å². The van der Waals surface area contributed by atoms with E-state index in [1.54, 1.807) is 20.4 Å². The van der Waals surface area contributed by atoms with Gasteiger partial charge in [-0.25, -0.2) is 9.97 Å². The largest absolute Gasteiger partial charge is 0.491 e. The fourth-order valence-electron chi connectivity index (χ4n) is 1.43. The molecule has 0 radical (unpaired) electrons. The van der Waals surface area contributed by atoms with Crippen molar-refractivity contribution in [3.63, 3.8) is 0 Å². The molecule has 0 atom stereocenters. The lowest BCUT2D eigenvalue weighted by atomic mass is 10.2. The number of rotatable bonds is 3. The van der Waals surface area contributed by atoms with E-state index in [0.29, 0.717) is 17.3 Å². The maximum absolute atomic E-state index is 5.29. The van der Waals surface area contributed by atoms with Crippen molar-refractivity contribution in [1.82, 2.24) is 15.0 Å². The molecule has 5 heteroatoms. The SMILES string of the molecule is CNc1ncnc(-c2ccccn2)c1OC. The molecule has 0 aromatic carbocycles. The van der Waals surface area contributed by atoms with Gasteiger partial charge < -0.3 is 10.1 Å². The van der Waals surface area contributed by atoms with Gasteiger partial charge in [0.25, 0.3) is 0 Å². The predicted molar refractivity (Wildman–Crippen MR) is 61.4 cm³/mol. The first-order valence-electron chi connectivity index (χ1n) is 4.85. The molecule has 0 fully saturated rings. The van der Waals surface area contributed by atoms with Crippen LogP contribution >= 0.6 is 0 Å². The number of anilines is 1. The average molecular weight is 216 g/mol. The number of aromatic nitrogens is 3. The van der Waals surface area contributed by atoms with Crippen LogP contribution in [0.25, 0.3) is 11.4 Å². The van der Waals surface area contributed by atoms with E-state index in [9.17, 15) is 0 Å². The molecule has 5 nitrogen and oxygen atoms in total. The molecule has 0 saturated heterocycles. The van der Waals surface area contributed by atoms with Gasteiger partial charge in [-0.15, -0.1) is 0 Å². The summed E-state index contributed by atoms with van der Waals surface area (Å²) in [5.74, 6) is 1.25. The highest BCUT2D eigenvalue weighted by Gasteiger charge is 2.13. The third-order valence-electron chi connectivity index (χ3n) is 2.15. The quantitative estimate of drug-likeness (QED) is 0.844. The van der Waals surface area contributed by atoms with Gasteiger partial charge in [-0.05, 0) is 12.1 Å². The van der Waals surface area contributed by atoms with Crippen molar-refractivity contribution in [3.8, 4) is 17.1 Å². The van der Waals surface area contributed by atoms with Crippen LogP contribution in [0.4, 0.5) is 5.82 Å². The maximum Gasteiger partial charge on any atom is 0.189 e. The molecule has 0 amide bonds. The lowest BCUT2D eigenvalue weighted by Gasteiger charge is -2.10. The number of pyridine rings is 1. The molecule has 0 spiro atoms. The van der Waals surface area contributed by atoms with Gasteiger partial charge in [0.05, 0.1) is 12.8 Å². The molecule has 2 rings (SSSR count). The van der Waals surface area contributed by atoms with Crippen LogP contribution in [0.1, 0.15) is 0 Å². The Morgan fingerprint density at radius 2 is 2.06 bits per heavy atom. The van der Waals surface area contributed by atoms with Gasteiger partial charge in [-0.1, -0.05) is 6.07 Å².